The van der Waals surface area contributed by atoms with Gasteiger partial charge in [0.05, 0.1) is 25.9 Å². The zero-order chi connectivity index (χ0) is 13.4. The van der Waals surface area contributed by atoms with Crippen LogP contribution in [0.5, 0.6) is 11.5 Å². The molecular weight excluding hydrogens is 232 g/mol. The van der Waals surface area contributed by atoms with Crippen molar-refractivity contribution in [2.45, 2.75) is 25.9 Å². The van der Waals surface area contributed by atoms with Crippen molar-refractivity contribution in [3.63, 3.8) is 0 Å². The molecule has 0 fully saturated rings. The Morgan fingerprint density at radius 2 is 1.78 bits per heavy atom. The minimum atomic E-state index is -0.600. The van der Waals surface area contributed by atoms with Crippen LogP contribution in [-0.4, -0.2) is 32.5 Å². The highest BCUT2D eigenvalue weighted by molar-refractivity contribution is 5.46. The van der Waals surface area contributed by atoms with Crippen LogP contribution in [-0.2, 0) is 4.74 Å². The molecule has 0 radical (unpaired) electrons. The Hall–Kier alpha value is -1.26. The standard InChI is InChI=1S/C14H22O4/c1-4-18-10-6-7-11(15)14-12(16-2)8-5-9-13(14)17-3/h5,8-9,11,15H,4,6-7,10H2,1-3H3. The molecule has 0 saturated carbocycles. The zero-order valence-corrected chi connectivity index (χ0v) is 11.3. The van der Waals surface area contributed by atoms with Crippen LogP contribution >= 0.6 is 0 Å². The molecule has 0 aliphatic rings. The molecule has 1 aromatic rings. The van der Waals surface area contributed by atoms with E-state index in [1.807, 2.05) is 25.1 Å². The second-order valence-electron chi connectivity index (χ2n) is 3.93. The van der Waals surface area contributed by atoms with Crippen molar-refractivity contribution in [3.05, 3.63) is 23.8 Å². The first-order chi connectivity index (χ1) is 8.74. The van der Waals surface area contributed by atoms with Crippen LogP contribution in [0.4, 0.5) is 0 Å². The second-order valence-corrected chi connectivity index (χ2v) is 3.93. The van der Waals surface area contributed by atoms with Gasteiger partial charge in [0.25, 0.3) is 0 Å². The predicted octanol–water partition coefficient (Wildman–Crippen LogP) is 2.55. The minimum Gasteiger partial charge on any atom is -0.496 e. The quantitative estimate of drug-likeness (QED) is 0.724. The van der Waals surface area contributed by atoms with E-state index in [1.54, 1.807) is 14.2 Å². The van der Waals surface area contributed by atoms with Gasteiger partial charge < -0.3 is 19.3 Å². The fraction of sp³-hybridized carbons (Fsp3) is 0.571. The number of aliphatic hydroxyl groups excluding tert-OH is 1. The van der Waals surface area contributed by atoms with Crippen LogP contribution in [0.2, 0.25) is 0 Å². The molecule has 0 aromatic heterocycles. The van der Waals surface area contributed by atoms with Gasteiger partial charge in [-0.1, -0.05) is 6.07 Å². The zero-order valence-electron chi connectivity index (χ0n) is 11.3. The molecule has 0 amide bonds. The van der Waals surface area contributed by atoms with E-state index in [2.05, 4.69) is 0 Å². The van der Waals surface area contributed by atoms with E-state index in [-0.39, 0.29) is 0 Å². The molecule has 102 valence electrons. The van der Waals surface area contributed by atoms with E-state index in [4.69, 9.17) is 14.2 Å². The Bertz CT molecular complexity index is 329. The smallest absolute Gasteiger partial charge is 0.128 e. The molecule has 0 aliphatic heterocycles. The average Bonchev–Trinajstić information content (AvgIpc) is 2.42. The largest absolute Gasteiger partial charge is 0.496 e. The first-order valence-electron chi connectivity index (χ1n) is 6.21. The minimum absolute atomic E-state index is 0.600. The molecule has 0 bridgehead atoms. The van der Waals surface area contributed by atoms with Crippen LogP contribution in [0.15, 0.2) is 18.2 Å². The van der Waals surface area contributed by atoms with Gasteiger partial charge in [-0.15, -0.1) is 0 Å². The van der Waals surface area contributed by atoms with E-state index in [0.717, 1.165) is 6.42 Å². The molecule has 4 heteroatoms. The van der Waals surface area contributed by atoms with Gasteiger partial charge in [0.1, 0.15) is 11.5 Å². The molecule has 1 aromatic carbocycles. The normalized spacial score (nSPS) is 12.2. The third-order valence-electron chi connectivity index (χ3n) is 2.77. The van der Waals surface area contributed by atoms with Crippen molar-refractivity contribution < 1.29 is 19.3 Å². The van der Waals surface area contributed by atoms with E-state index < -0.39 is 6.10 Å². The van der Waals surface area contributed by atoms with Crippen molar-refractivity contribution >= 4 is 0 Å². The maximum atomic E-state index is 10.2. The number of rotatable bonds is 8. The molecule has 0 heterocycles. The van der Waals surface area contributed by atoms with Gasteiger partial charge in [0.2, 0.25) is 0 Å². The monoisotopic (exact) mass is 254 g/mol. The lowest BCUT2D eigenvalue weighted by molar-refractivity contribution is 0.112. The summed E-state index contributed by atoms with van der Waals surface area (Å²) in [6.45, 7) is 3.32. The summed E-state index contributed by atoms with van der Waals surface area (Å²) in [5.41, 5.74) is 0.707. The maximum absolute atomic E-state index is 10.2. The molecule has 1 rings (SSSR count). The fourth-order valence-electron chi connectivity index (χ4n) is 1.88. The lowest BCUT2D eigenvalue weighted by atomic mass is 10.0. The summed E-state index contributed by atoms with van der Waals surface area (Å²) < 4.78 is 15.8. The average molecular weight is 254 g/mol. The number of hydrogen-bond acceptors (Lipinski definition) is 4. The number of ether oxygens (including phenoxy) is 3. The van der Waals surface area contributed by atoms with Gasteiger partial charge in [0, 0.05) is 13.2 Å². The first-order valence-corrected chi connectivity index (χ1v) is 6.21. The van der Waals surface area contributed by atoms with Crippen LogP contribution in [0.25, 0.3) is 0 Å². The Labute approximate surface area is 108 Å². The fourth-order valence-corrected chi connectivity index (χ4v) is 1.88. The molecule has 0 aliphatic carbocycles. The summed E-state index contributed by atoms with van der Waals surface area (Å²) in [4.78, 5) is 0. The summed E-state index contributed by atoms with van der Waals surface area (Å²) in [6, 6.07) is 5.49. The molecule has 1 N–H and O–H groups in total. The Kier molecular flexibility index (Phi) is 6.54. The third-order valence-corrected chi connectivity index (χ3v) is 2.77. The van der Waals surface area contributed by atoms with Gasteiger partial charge >= 0.3 is 0 Å². The van der Waals surface area contributed by atoms with Gasteiger partial charge in [-0.3, -0.25) is 0 Å². The van der Waals surface area contributed by atoms with Gasteiger partial charge in [-0.25, -0.2) is 0 Å². The number of hydrogen-bond donors (Lipinski definition) is 1. The Morgan fingerprint density at radius 3 is 2.28 bits per heavy atom. The van der Waals surface area contributed by atoms with Crippen molar-refractivity contribution in [2.24, 2.45) is 0 Å². The topological polar surface area (TPSA) is 47.9 Å². The van der Waals surface area contributed by atoms with Crippen LogP contribution in [0, 0.1) is 0 Å². The third kappa shape index (κ3) is 3.89. The van der Waals surface area contributed by atoms with Crippen LogP contribution < -0.4 is 9.47 Å². The summed E-state index contributed by atoms with van der Waals surface area (Å²) in [5.74, 6) is 1.30. The molecule has 1 atom stereocenters. The first kappa shape index (κ1) is 14.8. The maximum Gasteiger partial charge on any atom is 0.128 e. The lowest BCUT2D eigenvalue weighted by Crippen LogP contribution is -2.05. The van der Waals surface area contributed by atoms with Crippen molar-refractivity contribution in [1.29, 1.82) is 0 Å². The summed E-state index contributed by atoms with van der Waals surface area (Å²) in [6.07, 6.45) is 0.823. The highest BCUT2D eigenvalue weighted by Gasteiger charge is 2.18. The van der Waals surface area contributed by atoms with Gasteiger partial charge in [0.15, 0.2) is 0 Å². The summed E-state index contributed by atoms with van der Waals surface area (Å²) >= 11 is 0. The van der Waals surface area contributed by atoms with E-state index in [1.165, 1.54) is 0 Å². The van der Waals surface area contributed by atoms with E-state index >= 15 is 0 Å². The molecule has 0 saturated heterocycles. The van der Waals surface area contributed by atoms with Crippen molar-refractivity contribution in [1.82, 2.24) is 0 Å². The van der Waals surface area contributed by atoms with Crippen molar-refractivity contribution in [3.8, 4) is 11.5 Å². The predicted molar refractivity (Wildman–Crippen MR) is 70.2 cm³/mol. The molecular formula is C14H22O4. The lowest BCUT2D eigenvalue weighted by Gasteiger charge is -2.17. The summed E-state index contributed by atoms with van der Waals surface area (Å²) in [7, 11) is 3.18. The van der Waals surface area contributed by atoms with Gasteiger partial charge in [-0.2, -0.15) is 0 Å². The SMILES string of the molecule is CCOCCCC(O)c1c(OC)cccc1OC. The molecule has 18 heavy (non-hydrogen) atoms. The Balaban J connectivity index is 2.73. The van der Waals surface area contributed by atoms with Crippen molar-refractivity contribution in [2.75, 3.05) is 27.4 Å². The highest BCUT2D eigenvalue weighted by atomic mass is 16.5. The van der Waals surface area contributed by atoms with E-state index in [9.17, 15) is 5.11 Å². The summed E-state index contributed by atoms with van der Waals surface area (Å²) in [5, 5.41) is 10.2. The highest BCUT2D eigenvalue weighted by Crippen LogP contribution is 2.35. The Morgan fingerprint density at radius 1 is 1.17 bits per heavy atom. The van der Waals surface area contributed by atoms with Gasteiger partial charge in [-0.05, 0) is 31.9 Å². The molecule has 1 unspecified atom stereocenters. The number of benzene rings is 1. The number of methoxy groups -OCH3 is 2. The van der Waals surface area contributed by atoms with E-state index in [0.29, 0.717) is 36.7 Å². The van der Waals surface area contributed by atoms with Crippen LogP contribution in [0.3, 0.4) is 0 Å². The molecule has 0 spiro atoms. The number of aliphatic hydroxyl groups is 1. The molecule has 4 nitrogen and oxygen atoms in total. The second kappa shape index (κ2) is 7.95. The van der Waals surface area contributed by atoms with Crippen LogP contribution in [0.1, 0.15) is 31.4 Å².